The fourth-order valence-corrected chi connectivity index (χ4v) is 1.51. The lowest BCUT2D eigenvalue weighted by Gasteiger charge is -2.24. The summed E-state index contributed by atoms with van der Waals surface area (Å²) in [5, 5.41) is 16.6. The van der Waals surface area contributed by atoms with Crippen molar-refractivity contribution in [1.82, 2.24) is 16.0 Å². The van der Waals surface area contributed by atoms with E-state index in [0.29, 0.717) is 0 Å². The Balaban J connectivity index is 3.94. The molecule has 0 aromatic rings. The number of rotatable bonds is 8. The molecule has 0 saturated heterocycles. The van der Waals surface area contributed by atoms with Crippen molar-refractivity contribution in [3.05, 3.63) is 0 Å². The Morgan fingerprint density at radius 2 is 1.85 bits per heavy atom. The summed E-state index contributed by atoms with van der Waals surface area (Å²) in [6.07, 6.45) is 0.870. The van der Waals surface area contributed by atoms with Gasteiger partial charge in [-0.3, -0.25) is 9.59 Å². The van der Waals surface area contributed by atoms with Crippen molar-refractivity contribution in [1.29, 1.82) is 0 Å². The highest BCUT2D eigenvalue weighted by Crippen LogP contribution is 2.07. The van der Waals surface area contributed by atoms with Gasteiger partial charge in [-0.05, 0) is 27.2 Å². The number of carboxylic acids is 1. The van der Waals surface area contributed by atoms with Gasteiger partial charge in [0, 0.05) is 24.5 Å². The predicted octanol–water partition coefficient (Wildman–Crippen LogP) is 0.844. The van der Waals surface area contributed by atoms with Gasteiger partial charge in [0.25, 0.3) is 0 Å². The molecule has 1 unspecified atom stereocenters. The van der Waals surface area contributed by atoms with Crippen molar-refractivity contribution >= 4 is 17.9 Å². The van der Waals surface area contributed by atoms with Gasteiger partial charge in [0.2, 0.25) is 5.91 Å². The lowest BCUT2D eigenvalue weighted by Crippen LogP contribution is -2.50. The van der Waals surface area contributed by atoms with E-state index >= 15 is 0 Å². The Kier molecular flexibility index (Phi) is 7.64. The number of hydrogen-bond acceptors (Lipinski definition) is 3. The van der Waals surface area contributed by atoms with E-state index in [9.17, 15) is 14.4 Å². The third-order valence-corrected chi connectivity index (χ3v) is 2.70. The van der Waals surface area contributed by atoms with Crippen LogP contribution in [-0.2, 0) is 9.59 Å². The van der Waals surface area contributed by atoms with Crippen molar-refractivity contribution < 1.29 is 19.5 Å². The van der Waals surface area contributed by atoms with Crippen LogP contribution in [0.15, 0.2) is 0 Å². The topological polar surface area (TPSA) is 108 Å². The van der Waals surface area contributed by atoms with Crippen molar-refractivity contribution in [2.45, 2.75) is 58.5 Å². The van der Waals surface area contributed by atoms with E-state index in [0.717, 1.165) is 6.42 Å². The molecule has 0 fully saturated rings. The third kappa shape index (κ3) is 9.18. The van der Waals surface area contributed by atoms with Crippen LogP contribution in [0.4, 0.5) is 4.79 Å². The smallest absolute Gasteiger partial charge is 0.315 e. The van der Waals surface area contributed by atoms with Gasteiger partial charge in [-0.25, -0.2) is 4.79 Å². The fourth-order valence-electron chi connectivity index (χ4n) is 1.51. The number of nitrogens with one attached hydrogen (secondary N) is 3. The largest absolute Gasteiger partial charge is 0.481 e. The number of hydrogen-bond donors (Lipinski definition) is 4. The van der Waals surface area contributed by atoms with E-state index in [1.807, 2.05) is 13.8 Å². The molecule has 0 spiro atoms. The predicted molar refractivity (Wildman–Crippen MR) is 75.4 cm³/mol. The van der Waals surface area contributed by atoms with Gasteiger partial charge in [0.15, 0.2) is 0 Å². The van der Waals surface area contributed by atoms with Crippen LogP contribution in [-0.4, -0.2) is 41.1 Å². The van der Waals surface area contributed by atoms with Gasteiger partial charge >= 0.3 is 12.0 Å². The lowest BCUT2D eigenvalue weighted by atomic mass is 10.0. The van der Waals surface area contributed by atoms with Crippen molar-refractivity contribution in [2.75, 3.05) is 6.54 Å². The molecular weight excluding hydrogens is 262 g/mol. The summed E-state index contributed by atoms with van der Waals surface area (Å²) in [7, 11) is 0. The van der Waals surface area contributed by atoms with E-state index < -0.39 is 17.5 Å². The van der Waals surface area contributed by atoms with Crippen LogP contribution < -0.4 is 16.0 Å². The molecule has 1 atom stereocenters. The summed E-state index contributed by atoms with van der Waals surface area (Å²) >= 11 is 0. The summed E-state index contributed by atoms with van der Waals surface area (Å²) < 4.78 is 0. The first-order chi connectivity index (χ1) is 9.16. The highest BCUT2D eigenvalue weighted by molar-refractivity contribution is 5.79. The molecule has 0 aromatic carbocycles. The maximum Gasteiger partial charge on any atom is 0.315 e. The standard InChI is InChI=1S/C13H25N3O4/c1-5-9(2)15-10(17)6-7-14-12(20)16-13(3,4)8-11(18)19/h9H,5-8H2,1-4H3,(H,15,17)(H,18,19)(H2,14,16,20). The van der Waals surface area contributed by atoms with Gasteiger partial charge in [0.05, 0.1) is 6.42 Å². The van der Waals surface area contributed by atoms with Crippen LogP contribution >= 0.6 is 0 Å². The molecule has 0 radical (unpaired) electrons. The number of amides is 3. The number of carbonyl (C=O) groups is 3. The minimum absolute atomic E-state index is 0.117. The van der Waals surface area contributed by atoms with Gasteiger partial charge in [-0.2, -0.15) is 0 Å². The molecule has 116 valence electrons. The molecule has 0 aliphatic heterocycles. The molecule has 7 nitrogen and oxygen atoms in total. The Labute approximate surface area is 119 Å². The molecule has 0 rings (SSSR count). The van der Waals surface area contributed by atoms with Crippen LogP contribution in [0.3, 0.4) is 0 Å². The third-order valence-electron chi connectivity index (χ3n) is 2.70. The second kappa shape index (κ2) is 8.39. The van der Waals surface area contributed by atoms with E-state index in [-0.39, 0.29) is 31.3 Å². The number of carboxylic acid groups (broad SMARTS) is 1. The van der Waals surface area contributed by atoms with Crippen LogP contribution in [0.5, 0.6) is 0 Å². The Bertz CT molecular complexity index is 356. The summed E-state index contributed by atoms with van der Waals surface area (Å²) in [4.78, 5) is 33.6. The zero-order valence-electron chi connectivity index (χ0n) is 12.6. The highest BCUT2D eigenvalue weighted by Gasteiger charge is 2.23. The zero-order valence-corrected chi connectivity index (χ0v) is 12.6. The molecule has 3 amide bonds. The molecule has 7 heteroatoms. The maximum absolute atomic E-state index is 11.6. The summed E-state index contributed by atoms with van der Waals surface area (Å²) in [5.41, 5.74) is -0.838. The van der Waals surface area contributed by atoms with Crippen LogP contribution in [0.2, 0.25) is 0 Å². The van der Waals surface area contributed by atoms with E-state index in [1.165, 1.54) is 0 Å². The van der Waals surface area contributed by atoms with E-state index in [4.69, 9.17) is 5.11 Å². The van der Waals surface area contributed by atoms with Crippen LogP contribution in [0.25, 0.3) is 0 Å². The van der Waals surface area contributed by atoms with E-state index in [2.05, 4.69) is 16.0 Å². The average molecular weight is 287 g/mol. The molecule has 0 aliphatic carbocycles. The van der Waals surface area contributed by atoms with Crippen molar-refractivity contribution in [3.8, 4) is 0 Å². The molecule has 0 saturated carbocycles. The Morgan fingerprint density at radius 1 is 1.25 bits per heavy atom. The molecule has 0 aromatic heterocycles. The first-order valence-corrected chi connectivity index (χ1v) is 6.73. The van der Waals surface area contributed by atoms with Gasteiger partial charge in [-0.15, -0.1) is 0 Å². The summed E-state index contributed by atoms with van der Waals surface area (Å²) in [5.74, 6) is -1.10. The first kappa shape index (κ1) is 18.2. The van der Waals surface area contributed by atoms with Crippen LogP contribution in [0.1, 0.15) is 47.0 Å². The lowest BCUT2D eigenvalue weighted by molar-refractivity contribution is -0.138. The maximum atomic E-state index is 11.6. The number of carbonyl (C=O) groups excluding carboxylic acids is 2. The number of aliphatic carboxylic acids is 1. The van der Waals surface area contributed by atoms with Crippen LogP contribution in [0, 0.1) is 0 Å². The second-order valence-corrected chi connectivity index (χ2v) is 5.46. The molecular formula is C13H25N3O4. The molecule has 0 bridgehead atoms. The monoisotopic (exact) mass is 287 g/mol. The number of urea groups is 1. The minimum atomic E-state index is -0.983. The van der Waals surface area contributed by atoms with Crippen molar-refractivity contribution in [3.63, 3.8) is 0 Å². The highest BCUT2D eigenvalue weighted by atomic mass is 16.4. The minimum Gasteiger partial charge on any atom is -0.481 e. The van der Waals surface area contributed by atoms with Gasteiger partial charge < -0.3 is 21.1 Å². The SMILES string of the molecule is CCC(C)NC(=O)CCNC(=O)NC(C)(C)CC(=O)O. The fraction of sp³-hybridized carbons (Fsp3) is 0.769. The summed E-state index contributed by atoms with van der Waals surface area (Å²) in [6.45, 7) is 7.33. The average Bonchev–Trinajstić information content (AvgIpc) is 2.25. The first-order valence-electron chi connectivity index (χ1n) is 6.73. The molecule has 0 heterocycles. The molecule has 20 heavy (non-hydrogen) atoms. The zero-order chi connectivity index (χ0) is 15.8. The summed E-state index contributed by atoms with van der Waals surface area (Å²) in [6, 6.07) is -0.363. The van der Waals surface area contributed by atoms with E-state index in [1.54, 1.807) is 13.8 Å². The van der Waals surface area contributed by atoms with Crippen molar-refractivity contribution in [2.24, 2.45) is 0 Å². The normalized spacial score (nSPS) is 12.4. The molecule has 4 N–H and O–H groups in total. The Hall–Kier alpha value is -1.79. The molecule has 0 aliphatic rings. The van der Waals surface area contributed by atoms with Gasteiger partial charge in [0.1, 0.15) is 0 Å². The van der Waals surface area contributed by atoms with Gasteiger partial charge in [-0.1, -0.05) is 6.92 Å². The Morgan fingerprint density at radius 3 is 2.35 bits per heavy atom. The second-order valence-electron chi connectivity index (χ2n) is 5.46. The quantitative estimate of drug-likeness (QED) is 0.530.